The highest BCUT2D eigenvalue weighted by Gasteiger charge is 2.34. The van der Waals surface area contributed by atoms with Crippen molar-refractivity contribution in [2.75, 3.05) is 0 Å². The van der Waals surface area contributed by atoms with Crippen LogP contribution in [-0.4, -0.2) is 19.6 Å². The van der Waals surface area contributed by atoms with Gasteiger partial charge in [-0.25, -0.2) is 13.1 Å². The van der Waals surface area contributed by atoms with Crippen LogP contribution >= 0.6 is 23.2 Å². The van der Waals surface area contributed by atoms with Gasteiger partial charge in [0.25, 0.3) is 0 Å². The predicted octanol–water partition coefficient (Wildman–Crippen LogP) is 3.34. The van der Waals surface area contributed by atoms with E-state index in [0.29, 0.717) is 5.56 Å². The van der Waals surface area contributed by atoms with Crippen molar-refractivity contribution in [3.63, 3.8) is 0 Å². The van der Waals surface area contributed by atoms with Crippen LogP contribution < -0.4 is 4.72 Å². The van der Waals surface area contributed by atoms with Crippen LogP contribution in [0.25, 0.3) is 0 Å². The van der Waals surface area contributed by atoms with E-state index in [-0.39, 0.29) is 33.0 Å². The average molecular weight is 352 g/mol. The van der Waals surface area contributed by atoms with E-state index in [9.17, 15) is 13.5 Å². The van der Waals surface area contributed by atoms with Crippen molar-refractivity contribution in [3.8, 4) is 0 Å². The summed E-state index contributed by atoms with van der Waals surface area (Å²) < 4.78 is 27.7. The van der Waals surface area contributed by atoms with E-state index in [1.165, 1.54) is 12.1 Å². The Morgan fingerprint density at radius 3 is 2.57 bits per heavy atom. The maximum absolute atomic E-state index is 12.5. The molecule has 1 aliphatic rings. The standard InChI is InChI=1S/C14H19Cl2NO3S/c1-14(2)4-3-11(7-14)17-21(19,20)12-6-10(15)5-9(8-18)13(12)16/h5-6,11,17-18H,3-4,7-8H2,1-2H3. The molecule has 1 aliphatic carbocycles. The van der Waals surface area contributed by atoms with E-state index in [2.05, 4.69) is 18.6 Å². The minimum atomic E-state index is -3.76. The van der Waals surface area contributed by atoms with Gasteiger partial charge in [0.2, 0.25) is 10.0 Å². The number of halogens is 2. The van der Waals surface area contributed by atoms with Gasteiger partial charge in [0.1, 0.15) is 4.90 Å². The molecule has 0 bridgehead atoms. The number of rotatable bonds is 4. The van der Waals surface area contributed by atoms with Crippen molar-refractivity contribution in [1.29, 1.82) is 0 Å². The van der Waals surface area contributed by atoms with Gasteiger partial charge in [0.15, 0.2) is 0 Å². The van der Waals surface area contributed by atoms with Gasteiger partial charge in [-0.15, -0.1) is 0 Å². The Morgan fingerprint density at radius 1 is 1.38 bits per heavy atom. The molecule has 0 spiro atoms. The van der Waals surface area contributed by atoms with E-state index in [4.69, 9.17) is 23.2 Å². The first-order valence-electron chi connectivity index (χ1n) is 6.76. The van der Waals surface area contributed by atoms with Gasteiger partial charge in [-0.3, -0.25) is 0 Å². The second-order valence-corrected chi connectivity index (χ2v) is 8.76. The summed E-state index contributed by atoms with van der Waals surface area (Å²) in [7, 11) is -3.76. The molecule has 0 aromatic heterocycles. The van der Waals surface area contributed by atoms with Crippen molar-refractivity contribution < 1.29 is 13.5 Å². The average Bonchev–Trinajstić information content (AvgIpc) is 2.70. The van der Waals surface area contributed by atoms with Crippen molar-refractivity contribution in [2.24, 2.45) is 5.41 Å². The topological polar surface area (TPSA) is 66.4 Å². The summed E-state index contributed by atoms with van der Waals surface area (Å²) in [6, 6.07) is 2.67. The van der Waals surface area contributed by atoms with Gasteiger partial charge in [-0.1, -0.05) is 37.0 Å². The second kappa shape index (κ2) is 6.05. The fraction of sp³-hybridized carbons (Fsp3) is 0.571. The summed E-state index contributed by atoms with van der Waals surface area (Å²) in [4.78, 5) is -0.0783. The van der Waals surface area contributed by atoms with Crippen LogP contribution in [0.2, 0.25) is 10.0 Å². The summed E-state index contributed by atoms with van der Waals surface area (Å²) >= 11 is 12.0. The third kappa shape index (κ3) is 3.90. The minimum Gasteiger partial charge on any atom is -0.392 e. The molecule has 118 valence electrons. The third-order valence-electron chi connectivity index (χ3n) is 3.83. The highest BCUT2D eigenvalue weighted by atomic mass is 35.5. The summed E-state index contributed by atoms with van der Waals surface area (Å²) in [5.74, 6) is 0. The zero-order valence-corrected chi connectivity index (χ0v) is 14.3. The Morgan fingerprint density at radius 2 is 2.05 bits per heavy atom. The van der Waals surface area contributed by atoms with Gasteiger partial charge in [-0.2, -0.15) is 0 Å². The normalized spacial score (nSPS) is 21.7. The number of hydrogen-bond donors (Lipinski definition) is 2. The quantitative estimate of drug-likeness (QED) is 0.873. The monoisotopic (exact) mass is 351 g/mol. The Kier molecular flexibility index (Phi) is 4.90. The third-order valence-corrected chi connectivity index (χ3v) is 6.15. The van der Waals surface area contributed by atoms with Gasteiger partial charge in [-0.05, 0) is 42.4 Å². The first-order chi connectivity index (χ1) is 9.64. The van der Waals surface area contributed by atoms with Gasteiger partial charge < -0.3 is 5.11 Å². The molecular weight excluding hydrogens is 333 g/mol. The zero-order chi connectivity index (χ0) is 15.8. The summed E-state index contributed by atoms with van der Waals surface area (Å²) in [5.41, 5.74) is 0.443. The molecule has 2 N–H and O–H groups in total. The number of hydrogen-bond acceptors (Lipinski definition) is 3. The van der Waals surface area contributed by atoms with Gasteiger partial charge in [0.05, 0.1) is 11.6 Å². The number of aliphatic hydroxyl groups excluding tert-OH is 1. The van der Waals surface area contributed by atoms with E-state index >= 15 is 0 Å². The first-order valence-corrected chi connectivity index (χ1v) is 9.00. The van der Waals surface area contributed by atoms with Crippen LogP contribution in [0.3, 0.4) is 0 Å². The molecule has 0 radical (unpaired) electrons. The fourth-order valence-corrected chi connectivity index (χ4v) is 4.94. The molecule has 0 saturated heterocycles. The highest BCUT2D eigenvalue weighted by molar-refractivity contribution is 7.89. The van der Waals surface area contributed by atoms with E-state index < -0.39 is 10.0 Å². The SMILES string of the molecule is CC1(C)CCC(NS(=O)(=O)c2cc(Cl)cc(CO)c2Cl)C1. The molecule has 1 atom stereocenters. The number of aliphatic hydroxyl groups is 1. The lowest BCUT2D eigenvalue weighted by atomic mass is 9.92. The van der Waals surface area contributed by atoms with Crippen LogP contribution in [0.4, 0.5) is 0 Å². The maximum Gasteiger partial charge on any atom is 0.242 e. The lowest BCUT2D eigenvalue weighted by Crippen LogP contribution is -2.33. The molecule has 0 aliphatic heterocycles. The molecule has 7 heteroatoms. The molecule has 1 unspecified atom stereocenters. The largest absolute Gasteiger partial charge is 0.392 e. The molecule has 21 heavy (non-hydrogen) atoms. The molecule has 1 aromatic carbocycles. The van der Waals surface area contributed by atoms with Gasteiger partial charge in [0, 0.05) is 11.1 Å². The minimum absolute atomic E-state index is 0.0201. The van der Waals surface area contributed by atoms with Crippen molar-refractivity contribution in [2.45, 2.75) is 50.7 Å². The fourth-order valence-electron chi connectivity index (χ4n) is 2.75. The second-order valence-electron chi connectivity index (χ2n) is 6.26. The Balaban J connectivity index is 2.30. The maximum atomic E-state index is 12.5. The number of sulfonamides is 1. The molecule has 1 saturated carbocycles. The van der Waals surface area contributed by atoms with Crippen molar-refractivity contribution in [3.05, 3.63) is 27.7 Å². The van der Waals surface area contributed by atoms with E-state index in [1.807, 2.05) is 0 Å². The summed E-state index contributed by atoms with van der Waals surface area (Å²) in [6.45, 7) is 3.88. The van der Waals surface area contributed by atoms with Crippen LogP contribution in [0.15, 0.2) is 17.0 Å². The van der Waals surface area contributed by atoms with Crippen LogP contribution in [0, 0.1) is 5.41 Å². The summed E-state index contributed by atoms with van der Waals surface area (Å²) in [6.07, 6.45) is 2.57. The summed E-state index contributed by atoms with van der Waals surface area (Å²) in [5, 5.41) is 9.48. The predicted molar refractivity (Wildman–Crippen MR) is 84.1 cm³/mol. The van der Waals surface area contributed by atoms with E-state index in [1.54, 1.807) is 0 Å². The molecule has 0 heterocycles. The number of benzene rings is 1. The zero-order valence-electron chi connectivity index (χ0n) is 12.0. The Bertz CT molecular complexity index is 644. The molecule has 4 nitrogen and oxygen atoms in total. The lowest BCUT2D eigenvalue weighted by molar-refractivity contribution is 0.281. The number of nitrogens with one attached hydrogen (secondary N) is 1. The Labute approximate surface area is 135 Å². The van der Waals surface area contributed by atoms with Crippen LogP contribution in [0.5, 0.6) is 0 Å². The van der Waals surface area contributed by atoms with Gasteiger partial charge >= 0.3 is 0 Å². The van der Waals surface area contributed by atoms with Crippen LogP contribution in [-0.2, 0) is 16.6 Å². The Hall–Kier alpha value is -0.330. The molecule has 0 amide bonds. The van der Waals surface area contributed by atoms with E-state index in [0.717, 1.165) is 19.3 Å². The highest BCUT2D eigenvalue weighted by Crippen LogP contribution is 2.38. The van der Waals surface area contributed by atoms with Crippen LogP contribution in [0.1, 0.15) is 38.7 Å². The molecule has 1 fully saturated rings. The first kappa shape index (κ1) is 17.0. The smallest absolute Gasteiger partial charge is 0.242 e. The molecular formula is C14H19Cl2NO3S. The molecule has 2 rings (SSSR count). The van der Waals surface area contributed by atoms with Crippen molar-refractivity contribution >= 4 is 33.2 Å². The lowest BCUT2D eigenvalue weighted by Gasteiger charge is -2.18. The van der Waals surface area contributed by atoms with Crippen molar-refractivity contribution in [1.82, 2.24) is 4.72 Å². The molecule has 1 aromatic rings.